The van der Waals surface area contributed by atoms with Crippen LogP contribution in [0.3, 0.4) is 0 Å². The molecule has 1 aromatic carbocycles. The Morgan fingerprint density at radius 2 is 2.14 bits per heavy atom. The van der Waals surface area contributed by atoms with E-state index in [0.29, 0.717) is 23.2 Å². The minimum absolute atomic E-state index is 0.135. The van der Waals surface area contributed by atoms with Gasteiger partial charge in [-0.15, -0.1) is 11.3 Å². The average molecular weight is 428 g/mol. The summed E-state index contributed by atoms with van der Waals surface area (Å²) in [5, 5.41) is 9.61. The smallest absolute Gasteiger partial charge is 0.227 e. The van der Waals surface area contributed by atoms with Gasteiger partial charge in [0, 0.05) is 37.3 Å². The lowest BCUT2D eigenvalue weighted by atomic mass is 10.1. The number of aromatic nitrogens is 4. The Morgan fingerprint density at radius 3 is 2.83 bits per heavy atom. The quantitative estimate of drug-likeness (QED) is 0.481. The van der Waals surface area contributed by atoms with Crippen LogP contribution in [-0.2, 0) is 18.3 Å². The van der Waals surface area contributed by atoms with E-state index < -0.39 is 0 Å². The topological polar surface area (TPSA) is 85.8 Å². The zero-order valence-electron chi connectivity index (χ0n) is 15.6. The van der Waals surface area contributed by atoms with Crippen LogP contribution in [0.5, 0.6) is 0 Å². The second-order valence-corrected chi connectivity index (χ2v) is 7.82. The number of carbonyl (C=O) groups excluding carboxylic acids is 1. The summed E-state index contributed by atoms with van der Waals surface area (Å²) in [6.45, 7) is 0. The van der Waals surface area contributed by atoms with E-state index in [2.05, 4.69) is 20.4 Å². The molecule has 0 aliphatic heterocycles. The minimum Gasteiger partial charge on any atom is -0.342 e. The van der Waals surface area contributed by atoms with E-state index in [9.17, 15) is 4.79 Å². The zero-order valence-corrected chi connectivity index (χ0v) is 17.2. The van der Waals surface area contributed by atoms with Gasteiger partial charge >= 0.3 is 0 Å². The van der Waals surface area contributed by atoms with Crippen LogP contribution in [0.25, 0.3) is 10.7 Å². The van der Waals surface area contributed by atoms with Crippen molar-refractivity contribution in [3.63, 3.8) is 0 Å². The standard InChI is InChI=1S/C20H18ClN5O2S/c1-26-11-10-22-20(26)18(13-4-6-14(21)7-5-13)23-16(27)8-9-17-24-19(25-28-17)15-3-2-12-29-15/h2-7,10-12,18H,8-9H2,1H3,(H,23,27)/t18-/m1/s1. The molecule has 0 aliphatic carbocycles. The fourth-order valence-corrected chi connectivity index (χ4v) is 3.70. The second-order valence-electron chi connectivity index (χ2n) is 6.44. The van der Waals surface area contributed by atoms with Gasteiger partial charge in [0.15, 0.2) is 0 Å². The molecular formula is C20H18ClN5O2S. The number of aryl methyl sites for hydroxylation is 2. The summed E-state index contributed by atoms with van der Waals surface area (Å²) >= 11 is 7.54. The first-order valence-corrected chi connectivity index (χ1v) is 10.2. The summed E-state index contributed by atoms with van der Waals surface area (Å²) in [6.07, 6.45) is 4.13. The molecule has 0 fully saturated rings. The van der Waals surface area contributed by atoms with Gasteiger partial charge in [-0.3, -0.25) is 4.79 Å². The molecular weight excluding hydrogens is 410 g/mol. The van der Waals surface area contributed by atoms with E-state index >= 15 is 0 Å². The highest BCUT2D eigenvalue weighted by atomic mass is 35.5. The maximum atomic E-state index is 12.6. The van der Waals surface area contributed by atoms with Crippen LogP contribution in [-0.4, -0.2) is 25.6 Å². The minimum atomic E-state index is -0.385. The first-order chi connectivity index (χ1) is 14.1. The summed E-state index contributed by atoms with van der Waals surface area (Å²) in [6, 6.07) is 10.8. The van der Waals surface area contributed by atoms with Crippen LogP contribution in [0.1, 0.15) is 29.7 Å². The predicted octanol–water partition coefficient (Wildman–Crippen LogP) is 4.02. The van der Waals surface area contributed by atoms with Gasteiger partial charge in [-0.1, -0.05) is 35.0 Å². The Bertz CT molecular complexity index is 1090. The highest BCUT2D eigenvalue weighted by Gasteiger charge is 2.21. The van der Waals surface area contributed by atoms with Crippen molar-refractivity contribution in [3.05, 3.63) is 76.5 Å². The Balaban J connectivity index is 1.44. The third-order valence-electron chi connectivity index (χ3n) is 4.40. The van der Waals surface area contributed by atoms with Crippen molar-refractivity contribution < 1.29 is 9.32 Å². The molecule has 4 aromatic rings. The molecule has 0 saturated carbocycles. The lowest BCUT2D eigenvalue weighted by Gasteiger charge is -2.19. The van der Waals surface area contributed by atoms with E-state index in [1.165, 1.54) is 11.3 Å². The molecule has 0 spiro atoms. The molecule has 1 N–H and O–H groups in total. The molecule has 29 heavy (non-hydrogen) atoms. The molecule has 4 rings (SSSR count). The van der Waals surface area contributed by atoms with Gasteiger partial charge < -0.3 is 14.4 Å². The van der Waals surface area contributed by atoms with Crippen molar-refractivity contribution in [2.24, 2.45) is 7.05 Å². The normalized spacial score (nSPS) is 12.1. The van der Waals surface area contributed by atoms with Crippen molar-refractivity contribution in [2.45, 2.75) is 18.9 Å². The molecule has 0 radical (unpaired) electrons. The Labute approximate surface area is 176 Å². The molecule has 3 heterocycles. The predicted molar refractivity (Wildman–Crippen MR) is 111 cm³/mol. The number of thiophene rings is 1. The molecule has 1 amide bonds. The molecule has 3 aromatic heterocycles. The second kappa shape index (κ2) is 8.59. The van der Waals surface area contributed by atoms with Crippen LogP contribution < -0.4 is 5.32 Å². The Morgan fingerprint density at radius 1 is 1.31 bits per heavy atom. The SMILES string of the molecule is Cn1ccnc1[C@H](NC(=O)CCc1nc(-c2cccs2)no1)c1ccc(Cl)cc1. The lowest BCUT2D eigenvalue weighted by molar-refractivity contribution is -0.121. The van der Waals surface area contributed by atoms with Gasteiger partial charge in [0.1, 0.15) is 11.9 Å². The van der Waals surface area contributed by atoms with E-state index in [1.807, 2.05) is 47.5 Å². The monoisotopic (exact) mass is 427 g/mol. The number of amides is 1. The molecule has 0 saturated heterocycles. The van der Waals surface area contributed by atoms with Crippen LogP contribution in [0.15, 0.2) is 58.7 Å². The van der Waals surface area contributed by atoms with Crippen LogP contribution in [0, 0.1) is 0 Å². The highest BCUT2D eigenvalue weighted by molar-refractivity contribution is 7.13. The fourth-order valence-electron chi connectivity index (χ4n) is 2.92. The lowest BCUT2D eigenvalue weighted by Crippen LogP contribution is -2.31. The molecule has 0 bridgehead atoms. The molecule has 7 nitrogen and oxygen atoms in total. The summed E-state index contributed by atoms with van der Waals surface area (Å²) in [5.41, 5.74) is 0.898. The third kappa shape index (κ3) is 4.55. The van der Waals surface area contributed by atoms with E-state index in [-0.39, 0.29) is 18.4 Å². The number of halogens is 1. The van der Waals surface area contributed by atoms with Crippen LogP contribution in [0.2, 0.25) is 5.02 Å². The molecule has 9 heteroatoms. The van der Waals surface area contributed by atoms with Gasteiger partial charge in [-0.2, -0.15) is 4.98 Å². The van der Waals surface area contributed by atoms with E-state index in [4.69, 9.17) is 16.1 Å². The van der Waals surface area contributed by atoms with Crippen LogP contribution in [0.4, 0.5) is 0 Å². The maximum absolute atomic E-state index is 12.6. The highest BCUT2D eigenvalue weighted by Crippen LogP contribution is 2.23. The van der Waals surface area contributed by atoms with Gasteiger partial charge in [0.2, 0.25) is 17.6 Å². The number of nitrogens with one attached hydrogen (secondary N) is 1. The van der Waals surface area contributed by atoms with E-state index in [0.717, 1.165) is 16.3 Å². The van der Waals surface area contributed by atoms with Crippen molar-refractivity contribution in [2.75, 3.05) is 0 Å². The fraction of sp³-hybridized carbons (Fsp3) is 0.200. The molecule has 0 unspecified atom stereocenters. The molecule has 0 aliphatic rings. The average Bonchev–Trinajstić information content (AvgIpc) is 3.47. The van der Waals surface area contributed by atoms with Crippen molar-refractivity contribution >= 4 is 28.8 Å². The van der Waals surface area contributed by atoms with Gasteiger partial charge in [0.25, 0.3) is 0 Å². The van der Waals surface area contributed by atoms with Gasteiger partial charge in [-0.05, 0) is 29.1 Å². The first-order valence-electron chi connectivity index (χ1n) is 8.98. The van der Waals surface area contributed by atoms with Crippen molar-refractivity contribution in [3.8, 4) is 10.7 Å². The van der Waals surface area contributed by atoms with Gasteiger partial charge in [-0.25, -0.2) is 4.98 Å². The maximum Gasteiger partial charge on any atom is 0.227 e. The number of benzene rings is 1. The summed E-state index contributed by atoms with van der Waals surface area (Å²) in [4.78, 5) is 22.3. The number of nitrogens with zero attached hydrogens (tertiary/aromatic N) is 4. The number of carbonyl (C=O) groups is 1. The number of imidazole rings is 1. The third-order valence-corrected chi connectivity index (χ3v) is 5.52. The first kappa shape index (κ1) is 19.4. The number of hydrogen-bond donors (Lipinski definition) is 1. The van der Waals surface area contributed by atoms with Crippen molar-refractivity contribution in [1.29, 1.82) is 0 Å². The van der Waals surface area contributed by atoms with Crippen molar-refractivity contribution in [1.82, 2.24) is 25.0 Å². The zero-order chi connectivity index (χ0) is 20.2. The molecule has 148 valence electrons. The van der Waals surface area contributed by atoms with Gasteiger partial charge in [0.05, 0.1) is 4.88 Å². The largest absolute Gasteiger partial charge is 0.342 e. The van der Waals surface area contributed by atoms with Crippen LogP contribution >= 0.6 is 22.9 Å². The Kier molecular flexibility index (Phi) is 5.73. The summed E-state index contributed by atoms with van der Waals surface area (Å²) in [7, 11) is 1.89. The van der Waals surface area contributed by atoms with E-state index in [1.54, 1.807) is 18.3 Å². The summed E-state index contributed by atoms with van der Waals surface area (Å²) in [5.74, 6) is 1.58. The summed E-state index contributed by atoms with van der Waals surface area (Å²) < 4.78 is 7.15. The Hall–Kier alpha value is -2.97. The molecule has 1 atom stereocenters. The number of rotatable bonds is 7. The number of hydrogen-bond acceptors (Lipinski definition) is 6.